The van der Waals surface area contributed by atoms with Crippen LogP contribution in [0.15, 0.2) is 133 Å². The molecule has 4 N–H and O–H groups in total. The number of carbonyl (C=O) groups is 1. The second kappa shape index (κ2) is 12.8. The lowest BCUT2D eigenvalue weighted by atomic mass is 9.58. The summed E-state index contributed by atoms with van der Waals surface area (Å²) >= 11 is 0. The Morgan fingerprint density at radius 3 is 1.29 bits per heavy atom. The van der Waals surface area contributed by atoms with Gasteiger partial charge in [-0.25, -0.2) is 0 Å². The molecule has 5 nitrogen and oxygen atoms in total. The van der Waals surface area contributed by atoms with Crippen LogP contribution in [0.2, 0.25) is 0 Å². The first-order valence-electron chi connectivity index (χ1n) is 15.9. The number of hydrogen-bond donors (Lipinski definition) is 2. The predicted molar refractivity (Wildman–Crippen MR) is 185 cm³/mol. The highest BCUT2D eigenvalue weighted by Gasteiger charge is 2.46. The second-order valence-electron chi connectivity index (χ2n) is 12.3. The van der Waals surface area contributed by atoms with Crippen molar-refractivity contribution in [2.45, 2.75) is 23.7 Å². The molecule has 0 unspecified atom stereocenters. The zero-order valence-corrected chi connectivity index (χ0v) is 27.0. The molecule has 1 aliphatic carbocycles. The summed E-state index contributed by atoms with van der Waals surface area (Å²) in [4.78, 5) is 12.6. The maximum atomic E-state index is 13.8. The van der Waals surface area contributed by atoms with Gasteiger partial charge >= 0.3 is 12.4 Å². The van der Waals surface area contributed by atoms with Gasteiger partial charge in [-0.2, -0.15) is 26.3 Å². The molecule has 0 atom stereocenters. The standard InChI is InChI=1S/C41H28F6N2O3/c42-40(43,44)35-21-26(48)13-19-37(35)51-28-15-9-24(10-16-28)39(33-7-3-1-5-30(33)32(23-50)31-6-2-4-8-34(31)39)25-11-17-29(18-12-25)52-38-20-14-27(49)22-36(38)41(45,46)47/h1-23,32H,48-49H2. The largest absolute Gasteiger partial charge is 0.457 e. The Kier molecular flexibility index (Phi) is 8.44. The number of benzene rings is 6. The third kappa shape index (κ3) is 5.97. The number of carbonyl (C=O) groups excluding carboxylic acids is 1. The van der Waals surface area contributed by atoms with Gasteiger partial charge in [0.1, 0.15) is 40.4 Å². The van der Waals surface area contributed by atoms with Gasteiger partial charge in [-0.05, 0) is 94.0 Å². The summed E-state index contributed by atoms with van der Waals surface area (Å²) in [5.41, 5.74) is 12.4. The predicted octanol–water partition coefficient (Wildman–Crippen LogP) is 10.5. The maximum Gasteiger partial charge on any atom is 0.420 e. The van der Waals surface area contributed by atoms with Crippen molar-refractivity contribution in [3.05, 3.63) is 178 Å². The van der Waals surface area contributed by atoms with Crippen molar-refractivity contribution in [3.63, 3.8) is 0 Å². The molecular weight excluding hydrogens is 682 g/mol. The molecule has 0 aromatic heterocycles. The molecule has 52 heavy (non-hydrogen) atoms. The van der Waals surface area contributed by atoms with E-state index in [0.717, 1.165) is 52.8 Å². The van der Waals surface area contributed by atoms with Crippen molar-refractivity contribution in [1.29, 1.82) is 0 Å². The lowest BCUT2D eigenvalue weighted by Gasteiger charge is -2.44. The van der Waals surface area contributed by atoms with Crippen LogP contribution in [0.5, 0.6) is 23.0 Å². The normalized spacial score (nSPS) is 13.9. The van der Waals surface area contributed by atoms with Gasteiger partial charge < -0.3 is 25.7 Å². The molecule has 0 spiro atoms. The van der Waals surface area contributed by atoms with Crippen LogP contribution < -0.4 is 20.9 Å². The van der Waals surface area contributed by atoms with Crippen LogP contribution in [0, 0.1) is 0 Å². The van der Waals surface area contributed by atoms with Crippen LogP contribution in [0.4, 0.5) is 37.7 Å². The van der Waals surface area contributed by atoms with Gasteiger partial charge in [0.05, 0.1) is 11.3 Å². The highest BCUT2D eigenvalue weighted by atomic mass is 19.4. The molecule has 6 aromatic carbocycles. The first-order valence-corrected chi connectivity index (χ1v) is 15.9. The molecule has 0 amide bonds. The fourth-order valence-corrected chi connectivity index (χ4v) is 6.98. The van der Waals surface area contributed by atoms with Crippen molar-refractivity contribution in [2.24, 2.45) is 0 Å². The second-order valence-corrected chi connectivity index (χ2v) is 12.3. The number of halogens is 6. The Morgan fingerprint density at radius 1 is 0.538 bits per heavy atom. The highest BCUT2D eigenvalue weighted by molar-refractivity contribution is 5.78. The molecule has 6 aromatic rings. The first-order chi connectivity index (χ1) is 24.8. The van der Waals surface area contributed by atoms with Crippen LogP contribution in [0.25, 0.3) is 0 Å². The van der Waals surface area contributed by atoms with Crippen LogP contribution in [0.1, 0.15) is 50.4 Å². The fraction of sp³-hybridized carbons (Fsp3) is 0.0976. The molecular formula is C41H28F6N2O3. The van der Waals surface area contributed by atoms with E-state index >= 15 is 0 Å². The number of alkyl halides is 6. The highest BCUT2D eigenvalue weighted by Crippen LogP contribution is 2.54. The van der Waals surface area contributed by atoms with Crippen LogP contribution >= 0.6 is 0 Å². The summed E-state index contributed by atoms with van der Waals surface area (Å²) in [6, 6.07) is 34.7. The third-order valence-corrected chi connectivity index (χ3v) is 9.18. The lowest BCUT2D eigenvalue weighted by molar-refractivity contribution is -0.139. The summed E-state index contributed by atoms with van der Waals surface area (Å²) in [6.07, 6.45) is -8.54. The van der Waals surface area contributed by atoms with Gasteiger partial charge in [0.25, 0.3) is 0 Å². The van der Waals surface area contributed by atoms with E-state index in [4.69, 9.17) is 20.9 Å². The summed E-state index contributed by atoms with van der Waals surface area (Å²) in [5, 5.41) is 0. The van der Waals surface area contributed by atoms with Gasteiger partial charge in [0.2, 0.25) is 0 Å². The van der Waals surface area contributed by atoms with E-state index in [0.29, 0.717) is 11.1 Å². The Bertz CT molecular complexity index is 2130. The fourth-order valence-electron chi connectivity index (χ4n) is 6.98. The summed E-state index contributed by atoms with van der Waals surface area (Å²) in [7, 11) is 0. The van der Waals surface area contributed by atoms with Crippen molar-refractivity contribution < 1.29 is 40.6 Å². The summed E-state index contributed by atoms with van der Waals surface area (Å²) in [5.74, 6) is -1.17. The molecule has 0 aliphatic heterocycles. The number of nitrogen functional groups attached to an aromatic ring is 2. The van der Waals surface area contributed by atoms with E-state index in [1.54, 1.807) is 48.5 Å². The van der Waals surface area contributed by atoms with Gasteiger partial charge in [-0.1, -0.05) is 72.8 Å². The SMILES string of the molecule is Nc1ccc(Oc2ccc(C3(c4ccc(Oc5ccc(N)cc5C(F)(F)F)cc4)c4ccccc4C(C=O)c4ccccc43)cc2)c(C(F)(F)F)c1. The summed E-state index contributed by atoms with van der Waals surface area (Å²) in [6.45, 7) is 0. The van der Waals surface area contributed by atoms with Gasteiger partial charge in [-0.15, -0.1) is 0 Å². The average molecular weight is 711 g/mol. The zero-order valence-electron chi connectivity index (χ0n) is 27.0. The topological polar surface area (TPSA) is 87.6 Å². The molecule has 11 heteroatoms. The number of rotatable bonds is 7. The van der Waals surface area contributed by atoms with Crippen LogP contribution in [-0.2, 0) is 22.6 Å². The Balaban J connectivity index is 1.37. The minimum Gasteiger partial charge on any atom is -0.457 e. The molecule has 0 saturated carbocycles. The van der Waals surface area contributed by atoms with Gasteiger partial charge in [0, 0.05) is 11.4 Å². The van der Waals surface area contributed by atoms with E-state index in [-0.39, 0.29) is 22.9 Å². The number of fused-ring (bicyclic) bond motifs is 2. The summed E-state index contributed by atoms with van der Waals surface area (Å²) < 4.78 is 94.5. The molecule has 262 valence electrons. The van der Waals surface area contributed by atoms with Crippen molar-refractivity contribution in [3.8, 4) is 23.0 Å². The Hall–Kier alpha value is -6.23. The maximum absolute atomic E-state index is 13.8. The molecule has 0 fully saturated rings. The Labute approximate surface area is 294 Å². The quantitative estimate of drug-likeness (QED) is 0.0978. The minimum absolute atomic E-state index is 0.0640. The van der Waals surface area contributed by atoms with E-state index < -0.39 is 46.3 Å². The monoisotopic (exact) mass is 710 g/mol. The zero-order chi connectivity index (χ0) is 36.8. The van der Waals surface area contributed by atoms with Crippen LogP contribution in [-0.4, -0.2) is 6.29 Å². The molecule has 0 saturated heterocycles. The van der Waals surface area contributed by atoms with E-state index in [1.807, 2.05) is 48.5 Å². The number of anilines is 2. The van der Waals surface area contributed by atoms with E-state index in [1.165, 1.54) is 12.1 Å². The van der Waals surface area contributed by atoms with Gasteiger partial charge in [0.15, 0.2) is 0 Å². The van der Waals surface area contributed by atoms with E-state index in [9.17, 15) is 31.1 Å². The number of ether oxygens (including phenoxy) is 2. The molecule has 1 aliphatic rings. The number of aldehydes is 1. The smallest absolute Gasteiger partial charge is 0.420 e. The number of nitrogens with two attached hydrogens (primary N) is 2. The van der Waals surface area contributed by atoms with Crippen molar-refractivity contribution in [2.75, 3.05) is 11.5 Å². The number of hydrogen-bond acceptors (Lipinski definition) is 5. The average Bonchev–Trinajstić information content (AvgIpc) is 3.12. The molecule has 0 bridgehead atoms. The minimum atomic E-state index is -4.71. The lowest BCUT2D eigenvalue weighted by Crippen LogP contribution is -2.37. The van der Waals surface area contributed by atoms with Crippen molar-refractivity contribution >= 4 is 17.7 Å². The third-order valence-electron chi connectivity index (χ3n) is 9.18. The van der Waals surface area contributed by atoms with Crippen LogP contribution in [0.3, 0.4) is 0 Å². The molecule has 0 radical (unpaired) electrons. The first kappa shape index (κ1) is 34.2. The van der Waals surface area contributed by atoms with E-state index in [2.05, 4.69) is 0 Å². The molecule has 7 rings (SSSR count). The van der Waals surface area contributed by atoms with Crippen molar-refractivity contribution in [1.82, 2.24) is 0 Å². The Morgan fingerprint density at radius 2 is 0.923 bits per heavy atom. The molecule has 0 heterocycles. The van der Waals surface area contributed by atoms with Gasteiger partial charge in [-0.3, -0.25) is 0 Å².